The molecule has 0 radical (unpaired) electrons. The van der Waals surface area contributed by atoms with Gasteiger partial charge >= 0.3 is 12.7 Å². The third kappa shape index (κ3) is 4.98. The third-order valence-electron chi connectivity index (χ3n) is 6.44. The monoisotopic (exact) mass is 566 g/mol. The van der Waals surface area contributed by atoms with Crippen LogP contribution < -0.4 is 16.4 Å². The van der Waals surface area contributed by atoms with Gasteiger partial charge in [0, 0.05) is 5.75 Å². The predicted octanol–water partition coefficient (Wildman–Crippen LogP) is 0.845. The Bertz CT molecular complexity index is 1450. The Balaban J connectivity index is 1.23. The van der Waals surface area contributed by atoms with Gasteiger partial charge in [0.25, 0.3) is 5.56 Å². The number of fused-ring (bicyclic) bond motifs is 1. The molecule has 5 rings (SSSR count). The van der Waals surface area contributed by atoms with Gasteiger partial charge in [0.05, 0.1) is 12.9 Å². The summed E-state index contributed by atoms with van der Waals surface area (Å²) in [7, 11) is 0. The van der Waals surface area contributed by atoms with Crippen molar-refractivity contribution in [2.45, 2.75) is 50.0 Å². The molecule has 2 fully saturated rings. The summed E-state index contributed by atoms with van der Waals surface area (Å²) < 4.78 is 31.5. The van der Waals surface area contributed by atoms with Crippen molar-refractivity contribution < 1.29 is 33.6 Å². The lowest BCUT2D eigenvalue weighted by molar-refractivity contribution is -0.150. The molecule has 0 bridgehead atoms. The zero-order valence-electron chi connectivity index (χ0n) is 20.4. The Morgan fingerprint density at radius 2 is 2.16 bits per heavy atom. The summed E-state index contributed by atoms with van der Waals surface area (Å²) in [6.07, 6.45) is -3.03. The number of hydrogen-bond donors (Lipinski definition) is 5. The van der Waals surface area contributed by atoms with Gasteiger partial charge in [0.2, 0.25) is 5.95 Å². The summed E-state index contributed by atoms with van der Waals surface area (Å²) in [4.78, 5) is 35.1. The Morgan fingerprint density at radius 1 is 1.42 bits per heavy atom. The molecule has 2 aromatic heterocycles. The van der Waals surface area contributed by atoms with Gasteiger partial charge in [0.15, 0.2) is 17.4 Å². The van der Waals surface area contributed by atoms with Crippen LogP contribution in [0, 0.1) is 0 Å². The number of ether oxygens (including phenoxy) is 2. The SMILES string of the molecule is C[C@@H](OC(=O)C1CSP(=O)(OCC2OC(n3cnc4c(=O)[nH]c(N)nc43)[C@](C)(O)[C@@H]2O)N1)c1ccccc1. The van der Waals surface area contributed by atoms with Crippen molar-refractivity contribution in [1.82, 2.24) is 24.6 Å². The second kappa shape index (κ2) is 10.1. The van der Waals surface area contributed by atoms with Crippen LogP contribution >= 0.6 is 18.1 Å². The normalized spacial score (nSPS) is 32.0. The summed E-state index contributed by atoms with van der Waals surface area (Å²) in [5.41, 5.74) is 4.07. The number of nitrogen functional groups attached to an aromatic ring is 1. The van der Waals surface area contributed by atoms with Crippen LogP contribution in [-0.4, -0.2) is 71.9 Å². The van der Waals surface area contributed by atoms with Gasteiger partial charge in [-0.05, 0) is 19.4 Å². The summed E-state index contributed by atoms with van der Waals surface area (Å²) in [6.45, 7) is -0.825. The van der Waals surface area contributed by atoms with Crippen LogP contribution in [0.25, 0.3) is 11.2 Å². The summed E-state index contributed by atoms with van der Waals surface area (Å²) in [6, 6.07) is 8.37. The van der Waals surface area contributed by atoms with Crippen molar-refractivity contribution in [3.63, 3.8) is 0 Å². The molecule has 4 unspecified atom stereocenters. The van der Waals surface area contributed by atoms with E-state index in [2.05, 4.69) is 20.0 Å². The van der Waals surface area contributed by atoms with Gasteiger partial charge in [-0.3, -0.25) is 23.7 Å². The van der Waals surface area contributed by atoms with Crippen molar-refractivity contribution in [2.24, 2.45) is 0 Å². The van der Waals surface area contributed by atoms with Crippen LogP contribution in [0.2, 0.25) is 0 Å². The number of carbonyl (C=O) groups is 1. The lowest BCUT2D eigenvalue weighted by Crippen LogP contribution is -2.44. The smallest absolute Gasteiger partial charge is 0.327 e. The fourth-order valence-electron chi connectivity index (χ4n) is 4.35. The van der Waals surface area contributed by atoms with E-state index in [9.17, 15) is 24.4 Å². The molecule has 38 heavy (non-hydrogen) atoms. The van der Waals surface area contributed by atoms with E-state index in [-0.39, 0.29) is 29.5 Å². The van der Waals surface area contributed by atoms with Gasteiger partial charge in [-0.2, -0.15) is 4.98 Å². The highest BCUT2D eigenvalue weighted by Gasteiger charge is 2.54. The van der Waals surface area contributed by atoms with Crippen molar-refractivity contribution in [2.75, 3.05) is 18.1 Å². The van der Waals surface area contributed by atoms with Crippen LogP contribution in [0.4, 0.5) is 5.95 Å². The zero-order chi connectivity index (χ0) is 27.2. The average molecular weight is 567 g/mol. The number of aliphatic hydroxyl groups excluding tert-OH is 1. The first-order valence-corrected chi connectivity index (χ1v) is 14.9. The van der Waals surface area contributed by atoms with Crippen molar-refractivity contribution >= 4 is 41.2 Å². The molecule has 204 valence electrons. The molecular formula is C22H27N6O8PS. The number of H-pyrrole nitrogens is 1. The first kappa shape index (κ1) is 26.8. The predicted molar refractivity (Wildman–Crippen MR) is 137 cm³/mol. The number of aliphatic hydroxyl groups is 2. The minimum absolute atomic E-state index is 0.0247. The highest BCUT2D eigenvalue weighted by Crippen LogP contribution is 2.61. The van der Waals surface area contributed by atoms with E-state index < -0.39 is 54.4 Å². The maximum absolute atomic E-state index is 13.2. The number of nitrogens with one attached hydrogen (secondary N) is 2. The molecule has 14 nitrogen and oxygen atoms in total. The maximum Gasteiger partial charge on any atom is 0.327 e. The van der Waals surface area contributed by atoms with Gasteiger partial charge in [-0.25, -0.2) is 10.1 Å². The highest BCUT2D eigenvalue weighted by atomic mass is 32.7. The van der Waals surface area contributed by atoms with Crippen LogP contribution in [0.1, 0.15) is 31.7 Å². The lowest BCUT2D eigenvalue weighted by atomic mass is 9.96. The Morgan fingerprint density at radius 3 is 2.89 bits per heavy atom. The summed E-state index contributed by atoms with van der Waals surface area (Å²) >= 11 is 0.937. The van der Waals surface area contributed by atoms with Crippen LogP contribution in [0.3, 0.4) is 0 Å². The van der Waals surface area contributed by atoms with Gasteiger partial charge in [-0.1, -0.05) is 41.7 Å². The van der Waals surface area contributed by atoms with E-state index in [1.807, 2.05) is 30.3 Å². The highest BCUT2D eigenvalue weighted by molar-refractivity contribution is 8.56. The van der Waals surface area contributed by atoms with E-state index in [1.165, 1.54) is 17.8 Å². The first-order chi connectivity index (χ1) is 18.0. The number of anilines is 1. The Hall–Kier alpha value is -2.78. The molecule has 1 aromatic carbocycles. The average Bonchev–Trinajstić information content (AvgIpc) is 3.54. The number of imidazole rings is 1. The maximum atomic E-state index is 13.2. The minimum atomic E-state index is -3.55. The molecule has 2 aliphatic rings. The molecule has 0 spiro atoms. The molecule has 6 N–H and O–H groups in total. The summed E-state index contributed by atoms with van der Waals surface area (Å²) in [5, 5.41) is 24.5. The summed E-state index contributed by atoms with van der Waals surface area (Å²) in [5.74, 6) is -0.561. The second-order valence-corrected chi connectivity index (χ2v) is 13.6. The quantitative estimate of drug-likeness (QED) is 0.199. The molecule has 2 saturated heterocycles. The van der Waals surface area contributed by atoms with Gasteiger partial charge < -0.3 is 29.9 Å². The lowest BCUT2D eigenvalue weighted by Gasteiger charge is -2.27. The molecule has 7 atom stereocenters. The molecule has 0 amide bonds. The van der Waals surface area contributed by atoms with E-state index in [0.29, 0.717) is 0 Å². The van der Waals surface area contributed by atoms with Crippen molar-refractivity contribution in [1.29, 1.82) is 0 Å². The fraction of sp³-hybridized carbons (Fsp3) is 0.455. The van der Waals surface area contributed by atoms with Crippen LogP contribution in [-0.2, 0) is 23.4 Å². The van der Waals surface area contributed by atoms with Crippen molar-refractivity contribution in [3.05, 3.63) is 52.6 Å². The molecule has 16 heteroatoms. The van der Waals surface area contributed by atoms with E-state index in [1.54, 1.807) is 6.92 Å². The van der Waals surface area contributed by atoms with E-state index >= 15 is 0 Å². The number of nitrogens with two attached hydrogens (primary N) is 1. The van der Waals surface area contributed by atoms with Crippen molar-refractivity contribution in [3.8, 4) is 0 Å². The molecule has 0 saturated carbocycles. The standard InChI is InChI=1S/C22H27N6O8PS/c1-11(12-6-4-3-5-7-12)35-19(31)13-9-38-37(33,27-13)34-8-14-16(29)22(2,32)20(36-14)28-10-24-15-17(28)25-21(23)26-18(15)30/h3-7,10-11,13-14,16,20,29,32H,8-9H2,1-2H3,(H,27,33)(H3,23,25,26,30)/t11-,13?,14?,16-,20?,22-,37?/m1/s1. The van der Waals surface area contributed by atoms with E-state index in [4.69, 9.17) is 19.7 Å². The molecule has 4 heterocycles. The third-order valence-corrected chi connectivity index (χ3v) is 10.5. The van der Waals surface area contributed by atoms with Crippen LogP contribution in [0.15, 0.2) is 41.5 Å². The molecule has 0 aliphatic carbocycles. The zero-order valence-corrected chi connectivity index (χ0v) is 22.1. The molecular weight excluding hydrogens is 539 g/mol. The number of benzene rings is 1. The fourth-order valence-corrected chi connectivity index (χ4v) is 8.23. The Labute approximate surface area is 220 Å². The largest absolute Gasteiger partial charge is 0.457 e. The number of nitrogens with zero attached hydrogens (tertiary/aromatic N) is 3. The molecule has 2 aliphatic heterocycles. The number of aromatic amines is 1. The van der Waals surface area contributed by atoms with Gasteiger partial charge in [-0.15, -0.1) is 0 Å². The number of aromatic nitrogens is 4. The number of carbonyl (C=O) groups excluding carboxylic acids is 1. The van der Waals surface area contributed by atoms with Crippen LogP contribution in [0.5, 0.6) is 0 Å². The second-order valence-electron chi connectivity index (χ2n) is 9.23. The van der Waals surface area contributed by atoms with E-state index in [0.717, 1.165) is 16.9 Å². The number of esters is 1. The number of hydrogen-bond acceptors (Lipinski definition) is 12. The Kier molecular flexibility index (Phi) is 7.11. The topological polar surface area (TPSA) is 204 Å². The number of rotatable bonds is 7. The first-order valence-electron chi connectivity index (χ1n) is 11.7. The minimum Gasteiger partial charge on any atom is -0.457 e. The molecule has 3 aromatic rings. The van der Waals surface area contributed by atoms with Gasteiger partial charge in [0.1, 0.15) is 30.0 Å².